The van der Waals surface area contributed by atoms with Crippen molar-refractivity contribution in [1.82, 2.24) is 4.57 Å². The Balaban J connectivity index is 2.71. The fourth-order valence-corrected chi connectivity index (χ4v) is 1.69. The van der Waals surface area contributed by atoms with E-state index in [-0.39, 0.29) is 5.43 Å². The molecule has 0 aliphatic heterocycles. The zero-order valence-electron chi connectivity index (χ0n) is 8.73. The minimum absolute atomic E-state index is 0.0727. The number of fused-ring (bicyclic) bond motifs is 1. The third-order valence-corrected chi connectivity index (χ3v) is 2.33. The summed E-state index contributed by atoms with van der Waals surface area (Å²) in [7, 11) is 0. The van der Waals surface area contributed by atoms with Crippen molar-refractivity contribution >= 4 is 10.9 Å². The van der Waals surface area contributed by atoms with E-state index in [0.29, 0.717) is 0 Å². The number of hydrogen-bond acceptors (Lipinski definition) is 1. The molecule has 0 aliphatic carbocycles. The highest BCUT2D eigenvalue weighted by Crippen LogP contribution is 2.10. The Bertz CT molecular complexity index is 566. The molecule has 2 aromatic rings. The molecule has 0 amide bonds. The van der Waals surface area contributed by atoms with E-state index in [1.807, 2.05) is 42.0 Å². The van der Waals surface area contributed by atoms with Crippen molar-refractivity contribution < 1.29 is 0 Å². The molecule has 15 heavy (non-hydrogen) atoms. The first kappa shape index (κ1) is 9.71. The van der Waals surface area contributed by atoms with E-state index in [1.54, 1.807) is 6.07 Å². The lowest BCUT2D eigenvalue weighted by Gasteiger charge is -2.09. The average molecular weight is 199 g/mol. The molecule has 0 fully saturated rings. The van der Waals surface area contributed by atoms with E-state index in [2.05, 4.69) is 6.58 Å². The molecule has 2 nitrogen and oxygen atoms in total. The van der Waals surface area contributed by atoms with E-state index in [9.17, 15) is 4.79 Å². The van der Waals surface area contributed by atoms with Crippen molar-refractivity contribution in [3.63, 3.8) is 0 Å². The zero-order chi connectivity index (χ0) is 10.8. The van der Waals surface area contributed by atoms with E-state index < -0.39 is 0 Å². The quantitative estimate of drug-likeness (QED) is 0.681. The van der Waals surface area contributed by atoms with Crippen LogP contribution in [-0.4, -0.2) is 4.57 Å². The van der Waals surface area contributed by atoms with Crippen LogP contribution >= 0.6 is 0 Å². The largest absolute Gasteiger partial charge is 0.343 e. The summed E-state index contributed by atoms with van der Waals surface area (Å²) < 4.78 is 2.04. The first-order valence-electron chi connectivity index (χ1n) is 4.91. The summed E-state index contributed by atoms with van der Waals surface area (Å²) in [6.45, 7) is 6.61. The monoisotopic (exact) mass is 199 g/mol. The smallest absolute Gasteiger partial charge is 0.189 e. The minimum atomic E-state index is 0.0727. The highest BCUT2D eigenvalue weighted by Gasteiger charge is 2.00. The Morgan fingerprint density at radius 1 is 1.33 bits per heavy atom. The normalized spacial score (nSPS) is 10.5. The van der Waals surface area contributed by atoms with Gasteiger partial charge in [0, 0.05) is 24.2 Å². The molecule has 2 rings (SSSR count). The number of allylic oxidation sites excluding steroid dienone is 1. The first-order valence-corrected chi connectivity index (χ1v) is 4.91. The summed E-state index contributed by atoms with van der Waals surface area (Å²) in [6.07, 6.45) is 1.82. The van der Waals surface area contributed by atoms with Gasteiger partial charge in [0.2, 0.25) is 0 Å². The zero-order valence-corrected chi connectivity index (χ0v) is 8.73. The van der Waals surface area contributed by atoms with Crippen LogP contribution in [-0.2, 0) is 6.54 Å². The second-order valence-electron chi connectivity index (χ2n) is 3.78. The van der Waals surface area contributed by atoms with Crippen LogP contribution in [0.2, 0.25) is 0 Å². The molecule has 1 heterocycles. The third kappa shape index (κ3) is 1.84. The summed E-state index contributed by atoms with van der Waals surface area (Å²) >= 11 is 0. The van der Waals surface area contributed by atoms with Crippen LogP contribution in [0.25, 0.3) is 10.9 Å². The molecule has 1 aromatic heterocycles. The van der Waals surface area contributed by atoms with Crippen molar-refractivity contribution in [2.24, 2.45) is 0 Å². The fourth-order valence-electron chi connectivity index (χ4n) is 1.69. The maximum atomic E-state index is 11.6. The lowest BCUT2D eigenvalue weighted by Crippen LogP contribution is -2.08. The Labute approximate surface area is 88.5 Å². The summed E-state index contributed by atoms with van der Waals surface area (Å²) in [5.74, 6) is 0. The molecule has 0 aliphatic rings. The van der Waals surface area contributed by atoms with Gasteiger partial charge in [-0.1, -0.05) is 24.3 Å². The standard InChI is InChI=1S/C13H13NO/c1-10(2)9-14-8-7-13(15)11-5-3-4-6-12(11)14/h3-8H,1,9H2,2H3. The lowest BCUT2D eigenvalue weighted by atomic mass is 10.2. The summed E-state index contributed by atoms with van der Waals surface area (Å²) in [6, 6.07) is 9.24. The van der Waals surface area contributed by atoms with Crippen molar-refractivity contribution in [2.45, 2.75) is 13.5 Å². The maximum Gasteiger partial charge on any atom is 0.189 e. The highest BCUT2D eigenvalue weighted by molar-refractivity contribution is 5.78. The Morgan fingerprint density at radius 3 is 2.80 bits per heavy atom. The van der Waals surface area contributed by atoms with Crippen LogP contribution in [0.5, 0.6) is 0 Å². The number of nitrogens with zero attached hydrogens (tertiary/aromatic N) is 1. The fraction of sp³-hybridized carbons (Fsp3) is 0.154. The molecule has 0 radical (unpaired) electrons. The number of benzene rings is 1. The Hall–Kier alpha value is -1.83. The molecule has 0 N–H and O–H groups in total. The van der Waals surface area contributed by atoms with Gasteiger partial charge < -0.3 is 4.57 Å². The Kier molecular flexibility index (Phi) is 2.42. The average Bonchev–Trinajstić information content (AvgIpc) is 2.22. The van der Waals surface area contributed by atoms with Crippen LogP contribution in [0.15, 0.2) is 53.5 Å². The van der Waals surface area contributed by atoms with Gasteiger partial charge in [0.15, 0.2) is 5.43 Å². The van der Waals surface area contributed by atoms with Gasteiger partial charge in [0.25, 0.3) is 0 Å². The Morgan fingerprint density at radius 2 is 2.07 bits per heavy atom. The van der Waals surface area contributed by atoms with Crippen molar-refractivity contribution in [3.05, 3.63) is 58.9 Å². The van der Waals surface area contributed by atoms with Crippen molar-refractivity contribution in [2.75, 3.05) is 0 Å². The van der Waals surface area contributed by atoms with E-state index in [0.717, 1.165) is 23.0 Å². The van der Waals surface area contributed by atoms with Gasteiger partial charge in [-0.25, -0.2) is 0 Å². The number of rotatable bonds is 2. The molecular formula is C13H13NO. The predicted octanol–water partition coefficient (Wildman–Crippen LogP) is 2.58. The van der Waals surface area contributed by atoms with Gasteiger partial charge in [0.05, 0.1) is 5.52 Å². The van der Waals surface area contributed by atoms with Crippen LogP contribution < -0.4 is 5.43 Å². The number of pyridine rings is 1. The SMILES string of the molecule is C=C(C)Cn1ccc(=O)c2ccccc21. The van der Waals surface area contributed by atoms with Crippen molar-refractivity contribution in [1.29, 1.82) is 0 Å². The molecule has 2 heteroatoms. The molecule has 1 aromatic carbocycles. The molecule has 0 saturated heterocycles. The second-order valence-corrected chi connectivity index (χ2v) is 3.78. The summed E-state index contributed by atoms with van der Waals surface area (Å²) in [5.41, 5.74) is 2.11. The van der Waals surface area contributed by atoms with Crippen LogP contribution in [0.3, 0.4) is 0 Å². The summed E-state index contributed by atoms with van der Waals surface area (Å²) in [4.78, 5) is 11.6. The third-order valence-electron chi connectivity index (χ3n) is 2.33. The number of para-hydroxylation sites is 1. The van der Waals surface area contributed by atoms with Gasteiger partial charge in [-0.05, 0) is 19.1 Å². The molecule has 0 bridgehead atoms. The van der Waals surface area contributed by atoms with Gasteiger partial charge in [0.1, 0.15) is 0 Å². The van der Waals surface area contributed by atoms with Gasteiger partial charge >= 0.3 is 0 Å². The van der Waals surface area contributed by atoms with Crippen LogP contribution in [0, 0.1) is 0 Å². The first-order chi connectivity index (χ1) is 7.18. The number of aromatic nitrogens is 1. The number of hydrogen-bond donors (Lipinski definition) is 0. The predicted molar refractivity (Wildman–Crippen MR) is 63.0 cm³/mol. The van der Waals surface area contributed by atoms with E-state index in [4.69, 9.17) is 0 Å². The van der Waals surface area contributed by atoms with Crippen LogP contribution in [0.4, 0.5) is 0 Å². The molecular weight excluding hydrogens is 186 g/mol. The summed E-state index contributed by atoms with van der Waals surface area (Å²) in [5, 5.41) is 0.765. The maximum absolute atomic E-state index is 11.6. The molecule has 76 valence electrons. The van der Waals surface area contributed by atoms with E-state index >= 15 is 0 Å². The molecule has 0 saturated carbocycles. The van der Waals surface area contributed by atoms with Gasteiger partial charge in [-0.3, -0.25) is 4.79 Å². The second kappa shape index (κ2) is 3.73. The highest BCUT2D eigenvalue weighted by atomic mass is 16.1. The molecule has 0 atom stereocenters. The van der Waals surface area contributed by atoms with Gasteiger partial charge in [-0.2, -0.15) is 0 Å². The van der Waals surface area contributed by atoms with E-state index in [1.165, 1.54) is 0 Å². The van der Waals surface area contributed by atoms with Crippen LogP contribution in [0.1, 0.15) is 6.92 Å². The minimum Gasteiger partial charge on any atom is -0.343 e. The van der Waals surface area contributed by atoms with Gasteiger partial charge in [-0.15, -0.1) is 0 Å². The van der Waals surface area contributed by atoms with Crippen molar-refractivity contribution in [3.8, 4) is 0 Å². The molecule has 0 unspecified atom stereocenters. The topological polar surface area (TPSA) is 22.0 Å². The molecule has 0 spiro atoms. The lowest BCUT2D eigenvalue weighted by molar-refractivity contribution is 0.812.